The summed E-state index contributed by atoms with van der Waals surface area (Å²) in [5, 5.41) is 6.74. The Morgan fingerprint density at radius 3 is 2.59 bits per heavy atom. The first-order valence-electron chi connectivity index (χ1n) is 9.95. The van der Waals surface area contributed by atoms with Crippen LogP contribution in [0.3, 0.4) is 0 Å². The number of aliphatic imine (C=N–C) groups is 1. The maximum Gasteiger partial charge on any atom is 0.191 e. The molecule has 2 N–H and O–H groups in total. The van der Waals surface area contributed by atoms with Crippen LogP contribution < -0.4 is 15.5 Å². The molecular formula is C20H31F2N5. The minimum absolute atomic E-state index is 0.0722. The molecule has 27 heavy (non-hydrogen) atoms. The van der Waals surface area contributed by atoms with Gasteiger partial charge in [-0.15, -0.1) is 0 Å². The molecule has 2 fully saturated rings. The molecule has 3 rings (SSSR count). The molecule has 2 aliphatic rings. The Kier molecular flexibility index (Phi) is 6.88. The lowest BCUT2D eigenvalue weighted by Gasteiger charge is -2.25. The Balaban J connectivity index is 1.45. The molecule has 1 heterocycles. The number of nitrogens with zero attached hydrogens (tertiary/aromatic N) is 3. The first-order chi connectivity index (χ1) is 13.1. The topological polar surface area (TPSA) is 42.9 Å². The van der Waals surface area contributed by atoms with Crippen LogP contribution in [-0.2, 0) is 0 Å². The Bertz CT molecular complexity index is 625. The molecule has 1 atom stereocenters. The molecule has 0 radical (unpaired) electrons. The van der Waals surface area contributed by atoms with Crippen molar-refractivity contribution in [3.63, 3.8) is 0 Å². The molecule has 1 aromatic carbocycles. The van der Waals surface area contributed by atoms with Crippen molar-refractivity contribution >= 4 is 11.6 Å². The SMILES string of the molecule is CN=C(NCCN(C)C1CCCC1)NC1CCN(c2c(F)cccc2F)C1. The van der Waals surface area contributed by atoms with Crippen LogP contribution in [0.15, 0.2) is 23.2 Å². The molecule has 0 bridgehead atoms. The molecule has 150 valence electrons. The Morgan fingerprint density at radius 2 is 1.93 bits per heavy atom. The van der Waals surface area contributed by atoms with Gasteiger partial charge in [0.1, 0.15) is 17.3 Å². The van der Waals surface area contributed by atoms with Gasteiger partial charge in [0.2, 0.25) is 0 Å². The summed E-state index contributed by atoms with van der Waals surface area (Å²) in [5.74, 6) is -0.267. The Hall–Kier alpha value is -1.89. The van der Waals surface area contributed by atoms with E-state index in [1.165, 1.54) is 43.9 Å². The minimum atomic E-state index is -0.506. The summed E-state index contributed by atoms with van der Waals surface area (Å²) in [6.07, 6.45) is 6.09. The number of hydrogen-bond donors (Lipinski definition) is 2. The van der Waals surface area contributed by atoms with Gasteiger partial charge in [0.25, 0.3) is 0 Å². The second kappa shape index (κ2) is 9.35. The van der Waals surface area contributed by atoms with Gasteiger partial charge in [-0.1, -0.05) is 18.9 Å². The molecule has 1 unspecified atom stereocenters. The highest BCUT2D eigenvalue weighted by atomic mass is 19.1. The van der Waals surface area contributed by atoms with E-state index in [4.69, 9.17) is 0 Å². The molecule has 7 heteroatoms. The van der Waals surface area contributed by atoms with Crippen molar-refractivity contribution in [2.24, 2.45) is 4.99 Å². The van der Waals surface area contributed by atoms with Crippen molar-refractivity contribution in [3.05, 3.63) is 29.8 Å². The van der Waals surface area contributed by atoms with Crippen LogP contribution in [0.4, 0.5) is 14.5 Å². The first kappa shape index (κ1) is 19.9. The molecular weight excluding hydrogens is 348 g/mol. The van der Waals surface area contributed by atoms with Crippen LogP contribution in [0.1, 0.15) is 32.1 Å². The molecule has 1 aliphatic heterocycles. The van der Waals surface area contributed by atoms with Crippen molar-refractivity contribution in [1.29, 1.82) is 0 Å². The van der Waals surface area contributed by atoms with Crippen LogP contribution in [0.25, 0.3) is 0 Å². The van der Waals surface area contributed by atoms with E-state index in [1.54, 1.807) is 11.9 Å². The lowest BCUT2D eigenvalue weighted by atomic mass is 10.2. The minimum Gasteiger partial charge on any atom is -0.365 e. The predicted molar refractivity (Wildman–Crippen MR) is 106 cm³/mol. The number of para-hydroxylation sites is 1. The fraction of sp³-hybridized carbons (Fsp3) is 0.650. The number of nitrogens with one attached hydrogen (secondary N) is 2. The van der Waals surface area contributed by atoms with Crippen molar-refractivity contribution in [3.8, 4) is 0 Å². The predicted octanol–water partition coefficient (Wildman–Crippen LogP) is 2.58. The van der Waals surface area contributed by atoms with Gasteiger partial charge in [-0.2, -0.15) is 0 Å². The Morgan fingerprint density at radius 1 is 1.22 bits per heavy atom. The third kappa shape index (κ3) is 5.09. The van der Waals surface area contributed by atoms with Crippen molar-refractivity contribution < 1.29 is 8.78 Å². The summed E-state index contributed by atoms with van der Waals surface area (Å²) in [6, 6.07) is 4.83. The molecule has 1 aromatic rings. The number of rotatable bonds is 6. The number of anilines is 1. The fourth-order valence-corrected chi connectivity index (χ4v) is 4.14. The fourth-order valence-electron chi connectivity index (χ4n) is 4.14. The molecule has 1 saturated carbocycles. The monoisotopic (exact) mass is 379 g/mol. The zero-order chi connectivity index (χ0) is 19.2. The van der Waals surface area contributed by atoms with E-state index >= 15 is 0 Å². The zero-order valence-corrected chi connectivity index (χ0v) is 16.3. The van der Waals surface area contributed by atoms with Gasteiger partial charge in [-0.05, 0) is 38.4 Å². The molecule has 0 spiro atoms. The van der Waals surface area contributed by atoms with Gasteiger partial charge < -0.3 is 20.4 Å². The molecule has 1 aliphatic carbocycles. The third-order valence-electron chi connectivity index (χ3n) is 5.71. The number of guanidine groups is 1. The summed E-state index contributed by atoms with van der Waals surface area (Å²) < 4.78 is 28.0. The van der Waals surface area contributed by atoms with Gasteiger partial charge in [-0.25, -0.2) is 8.78 Å². The van der Waals surface area contributed by atoms with Crippen LogP contribution >= 0.6 is 0 Å². The lowest BCUT2D eigenvalue weighted by Crippen LogP contribution is -2.47. The van der Waals surface area contributed by atoms with Crippen molar-refractivity contribution in [2.75, 3.05) is 45.2 Å². The summed E-state index contributed by atoms with van der Waals surface area (Å²) in [5.41, 5.74) is 0.0722. The second-order valence-corrected chi connectivity index (χ2v) is 7.56. The number of hydrogen-bond acceptors (Lipinski definition) is 3. The van der Waals surface area contributed by atoms with Crippen molar-refractivity contribution in [1.82, 2.24) is 15.5 Å². The van der Waals surface area contributed by atoms with E-state index in [2.05, 4.69) is 27.6 Å². The van der Waals surface area contributed by atoms with E-state index in [9.17, 15) is 8.78 Å². The average molecular weight is 379 g/mol. The third-order valence-corrected chi connectivity index (χ3v) is 5.71. The number of benzene rings is 1. The summed E-state index contributed by atoms with van der Waals surface area (Å²) in [7, 11) is 3.94. The van der Waals surface area contributed by atoms with Crippen LogP contribution in [0.5, 0.6) is 0 Å². The van der Waals surface area contributed by atoms with Crippen molar-refractivity contribution in [2.45, 2.75) is 44.2 Å². The van der Waals surface area contributed by atoms with E-state index < -0.39 is 11.6 Å². The molecule has 5 nitrogen and oxygen atoms in total. The molecule has 0 amide bonds. The van der Waals surface area contributed by atoms with Gasteiger partial charge in [0, 0.05) is 45.3 Å². The highest BCUT2D eigenvalue weighted by Crippen LogP contribution is 2.26. The average Bonchev–Trinajstić information content (AvgIpc) is 3.33. The van der Waals surface area contributed by atoms with Gasteiger partial charge in [-0.3, -0.25) is 4.99 Å². The standard InChI is InChI=1S/C20H31F2N5/c1-23-20(24-11-13-26(2)16-6-3-4-7-16)25-15-10-12-27(14-15)19-17(21)8-5-9-18(19)22/h5,8-9,15-16H,3-4,6-7,10-14H2,1-2H3,(H2,23,24,25). The van der Waals surface area contributed by atoms with Crippen LogP contribution in [0, 0.1) is 11.6 Å². The zero-order valence-electron chi connectivity index (χ0n) is 16.3. The highest BCUT2D eigenvalue weighted by Gasteiger charge is 2.27. The lowest BCUT2D eigenvalue weighted by molar-refractivity contribution is 0.249. The summed E-state index contributed by atoms with van der Waals surface area (Å²) in [6.45, 7) is 2.98. The van der Waals surface area contributed by atoms with E-state index in [0.29, 0.717) is 19.1 Å². The summed E-state index contributed by atoms with van der Waals surface area (Å²) in [4.78, 5) is 8.48. The maximum atomic E-state index is 14.0. The quantitative estimate of drug-likeness (QED) is 0.589. The van der Waals surface area contributed by atoms with E-state index in [0.717, 1.165) is 25.5 Å². The van der Waals surface area contributed by atoms with E-state index in [-0.39, 0.29) is 11.7 Å². The number of halogens is 2. The normalized spacial score (nSPS) is 21.3. The molecule has 0 aromatic heterocycles. The Labute approximate surface area is 160 Å². The first-order valence-corrected chi connectivity index (χ1v) is 9.95. The van der Waals surface area contributed by atoms with Crippen LogP contribution in [0.2, 0.25) is 0 Å². The second-order valence-electron chi connectivity index (χ2n) is 7.56. The smallest absolute Gasteiger partial charge is 0.191 e. The van der Waals surface area contributed by atoms with Gasteiger partial charge >= 0.3 is 0 Å². The number of likely N-dealkylation sites (N-methyl/N-ethyl adjacent to an activating group) is 1. The van der Waals surface area contributed by atoms with E-state index in [1.807, 2.05) is 0 Å². The maximum absolute atomic E-state index is 14.0. The largest absolute Gasteiger partial charge is 0.365 e. The summed E-state index contributed by atoms with van der Waals surface area (Å²) >= 11 is 0. The highest BCUT2D eigenvalue weighted by molar-refractivity contribution is 5.80. The molecule has 1 saturated heterocycles. The van der Waals surface area contributed by atoms with Crippen LogP contribution in [-0.4, -0.2) is 63.2 Å². The van der Waals surface area contributed by atoms with Gasteiger partial charge in [0.15, 0.2) is 5.96 Å². The van der Waals surface area contributed by atoms with Gasteiger partial charge in [0.05, 0.1) is 0 Å².